The second-order valence-electron chi connectivity index (χ2n) is 8.71. The lowest BCUT2D eigenvalue weighted by atomic mass is 9.92. The van der Waals surface area contributed by atoms with E-state index in [4.69, 9.17) is 23.7 Å². The molecule has 2 N–H and O–H groups in total. The van der Waals surface area contributed by atoms with Crippen LogP contribution in [0.15, 0.2) is 0 Å². The highest BCUT2D eigenvalue weighted by Crippen LogP contribution is 2.36. The number of amides is 2. The summed E-state index contributed by atoms with van der Waals surface area (Å²) in [5, 5.41) is 2.18. The maximum Gasteiger partial charge on any atom is 0.471 e. The Morgan fingerprint density at radius 2 is 1.23 bits per heavy atom. The van der Waals surface area contributed by atoms with Crippen molar-refractivity contribution in [2.24, 2.45) is 0 Å². The molecule has 0 aromatic carbocycles. The van der Waals surface area contributed by atoms with Crippen molar-refractivity contribution in [3.05, 3.63) is 0 Å². The molecule has 1 aliphatic heterocycles. The summed E-state index contributed by atoms with van der Waals surface area (Å²) < 4.78 is 110. The Bertz CT molecular complexity index is 1110. The minimum Gasteiger partial charge on any atom is -0.467 e. The highest BCUT2D eigenvalue weighted by molar-refractivity contribution is 5.95. The van der Waals surface area contributed by atoms with Crippen LogP contribution in [0.4, 0.5) is 26.3 Å². The lowest BCUT2D eigenvalue weighted by Gasteiger charge is -2.44. The largest absolute Gasteiger partial charge is 0.471 e. The molecule has 244 valence electrons. The van der Waals surface area contributed by atoms with Gasteiger partial charge in [0.25, 0.3) is 0 Å². The Morgan fingerprint density at radius 1 is 0.744 bits per heavy atom. The highest BCUT2D eigenvalue weighted by Gasteiger charge is 2.65. The standard InChI is InChI=1S/C22H26F6N2O13/c1-8(31)39-7-12-14(40-9(2)32)15(41-10(3)33)16(42-11(4)34)17(43-12)29-13(35)6-20(19(37)38-5,22(26,27)28)30-18(36)21(23,24)25/h12,14-17H,6-7H2,1-5H3,(H,29,35)(H,30,36)/t12-,14-,15+,16-,17-,20+/m1/s1. The van der Waals surface area contributed by atoms with E-state index in [1.807, 2.05) is 0 Å². The van der Waals surface area contributed by atoms with Crippen molar-refractivity contribution in [2.45, 2.75) is 82.7 Å². The molecular weight excluding hydrogens is 614 g/mol. The van der Waals surface area contributed by atoms with Gasteiger partial charge >= 0.3 is 48.1 Å². The fourth-order valence-electron chi connectivity index (χ4n) is 3.69. The van der Waals surface area contributed by atoms with E-state index >= 15 is 0 Å². The van der Waals surface area contributed by atoms with Crippen LogP contribution in [0, 0.1) is 0 Å². The molecule has 0 aliphatic carbocycles. The van der Waals surface area contributed by atoms with Crippen LogP contribution in [-0.2, 0) is 62.0 Å². The normalized spacial score (nSPS) is 23.5. The van der Waals surface area contributed by atoms with E-state index in [0.717, 1.165) is 27.7 Å². The van der Waals surface area contributed by atoms with Crippen LogP contribution in [0.25, 0.3) is 0 Å². The first-order valence-corrected chi connectivity index (χ1v) is 11.7. The van der Waals surface area contributed by atoms with Gasteiger partial charge in [0.2, 0.25) is 11.4 Å². The van der Waals surface area contributed by atoms with Gasteiger partial charge in [0, 0.05) is 27.7 Å². The Kier molecular flexibility index (Phi) is 12.3. The summed E-state index contributed by atoms with van der Waals surface area (Å²) >= 11 is 0. The molecule has 6 atom stereocenters. The summed E-state index contributed by atoms with van der Waals surface area (Å²) in [5.41, 5.74) is -4.60. The van der Waals surface area contributed by atoms with E-state index in [9.17, 15) is 59.9 Å². The molecule has 2 amide bonds. The van der Waals surface area contributed by atoms with E-state index in [0.29, 0.717) is 12.4 Å². The molecule has 0 aromatic rings. The van der Waals surface area contributed by atoms with Crippen LogP contribution in [0.3, 0.4) is 0 Å². The predicted molar refractivity (Wildman–Crippen MR) is 120 cm³/mol. The highest BCUT2D eigenvalue weighted by atomic mass is 19.4. The average molecular weight is 640 g/mol. The van der Waals surface area contributed by atoms with Gasteiger partial charge in [0.15, 0.2) is 24.5 Å². The maximum atomic E-state index is 14.0. The molecule has 43 heavy (non-hydrogen) atoms. The maximum absolute atomic E-state index is 14.0. The Balaban J connectivity index is 3.63. The summed E-state index contributed by atoms with van der Waals surface area (Å²) in [7, 11) is 0.333. The monoisotopic (exact) mass is 640 g/mol. The van der Waals surface area contributed by atoms with Gasteiger partial charge in [-0.25, -0.2) is 4.79 Å². The van der Waals surface area contributed by atoms with Crippen LogP contribution in [-0.4, -0.2) is 104 Å². The quantitative estimate of drug-likeness (QED) is 0.180. The second kappa shape index (κ2) is 14.3. The molecule has 1 aliphatic rings. The summed E-state index contributed by atoms with van der Waals surface area (Å²) in [6.07, 6.45) is -23.8. The van der Waals surface area contributed by atoms with E-state index in [-0.39, 0.29) is 0 Å². The fraction of sp³-hybridized carbons (Fsp3) is 0.682. The van der Waals surface area contributed by atoms with Crippen molar-refractivity contribution in [2.75, 3.05) is 13.7 Å². The molecule has 0 saturated carbocycles. The number of esters is 5. The van der Waals surface area contributed by atoms with Gasteiger partial charge in [0.1, 0.15) is 12.7 Å². The van der Waals surface area contributed by atoms with Crippen LogP contribution in [0.2, 0.25) is 0 Å². The molecule has 1 heterocycles. The number of carbonyl (C=O) groups excluding carboxylic acids is 7. The number of methoxy groups -OCH3 is 1. The summed E-state index contributed by atoms with van der Waals surface area (Å²) in [5.74, 6) is -12.0. The van der Waals surface area contributed by atoms with Crippen molar-refractivity contribution < 1.29 is 88.3 Å². The van der Waals surface area contributed by atoms with Gasteiger partial charge in [-0.15, -0.1) is 0 Å². The smallest absolute Gasteiger partial charge is 0.467 e. The molecule has 0 unspecified atom stereocenters. The third-order valence-electron chi connectivity index (χ3n) is 5.32. The number of nitrogens with one attached hydrogen (secondary N) is 2. The fourth-order valence-corrected chi connectivity index (χ4v) is 3.69. The number of ether oxygens (including phenoxy) is 6. The lowest BCUT2D eigenvalue weighted by molar-refractivity contribution is -0.257. The molecule has 1 saturated heterocycles. The number of hydrogen-bond acceptors (Lipinski definition) is 13. The third-order valence-corrected chi connectivity index (χ3v) is 5.32. The topological polar surface area (TPSA) is 199 Å². The van der Waals surface area contributed by atoms with Crippen LogP contribution in [0.5, 0.6) is 0 Å². The number of rotatable bonds is 10. The van der Waals surface area contributed by atoms with Gasteiger partial charge in [-0.2, -0.15) is 26.3 Å². The molecule has 21 heteroatoms. The molecule has 0 radical (unpaired) electrons. The Labute approximate surface area is 237 Å². The predicted octanol–water partition coefficient (Wildman–Crippen LogP) is -0.272. The summed E-state index contributed by atoms with van der Waals surface area (Å²) in [6, 6.07) is 0. The molecule has 15 nitrogen and oxygen atoms in total. The second-order valence-corrected chi connectivity index (χ2v) is 8.71. The Hall–Kier alpha value is -4.17. The van der Waals surface area contributed by atoms with E-state index < -0.39 is 103 Å². The van der Waals surface area contributed by atoms with Crippen molar-refractivity contribution in [3.63, 3.8) is 0 Å². The van der Waals surface area contributed by atoms with Crippen molar-refractivity contribution >= 4 is 41.7 Å². The van der Waals surface area contributed by atoms with E-state index in [1.165, 1.54) is 0 Å². The zero-order valence-corrected chi connectivity index (χ0v) is 22.9. The van der Waals surface area contributed by atoms with Gasteiger partial charge in [-0.05, 0) is 0 Å². The van der Waals surface area contributed by atoms with Gasteiger partial charge in [0.05, 0.1) is 13.5 Å². The van der Waals surface area contributed by atoms with Crippen LogP contribution < -0.4 is 10.6 Å². The zero-order valence-electron chi connectivity index (χ0n) is 22.9. The third kappa shape index (κ3) is 9.96. The summed E-state index contributed by atoms with van der Waals surface area (Å²) in [4.78, 5) is 83.2. The van der Waals surface area contributed by atoms with Crippen molar-refractivity contribution in [1.29, 1.82) is 0 Å². The molecular formula is C22H26F6N2O13. The first-order valence-electron chi connectivity index (χ1n) is 11.7. The van der Waals surface area contributed by atoms with Crippen molar-refractivity contribution in [1.82, 2.24) is 10.6 Å². The van der Waals surface area contributed by atoms with Crippen LogP contribution in [0.1, 0.15) is 34.1 Å². The average Bonchev–Trinajstić information content (AvgIpc) is 2.83. The SMILES string of the molecule is COC(=O)[C@](CC(=O)N[C@@H]1O[C@H](COC(C)=O)[C@@H](OC(C)=O)[C@H](OC(C)=O)[C@H]1OC(C)=O)(NC(=O)C(F)(F)F)C(F)(F)F. The number of hydrogen-bond donors (Lipinski definition) is 2. The molecule has 0 bridgehead atoms. The number of halogens is 6. The van der Waals surface area contributed by atoms with Gasteiger partial charge < -0.3 is 39.1 Å². The first kappa shape index (κ1) is 36.9. The lowest BCUT2D eigenvalue weighted by Crippen LogP contribution is -2.69. The molecule has 1 fully saturated rings. The molecule has 0 spiro atoms. The molecule has 0 aromatic heterocycles. The van der Waals surface area contributed by atoms with Gasteiger partial charge in [-0.3, -0.25) is 28.8 Å². The zero-order chi connectivity index (χ0) is 33.5. The molecule has 1 rings (SSSR count). The van der Waals surface area contributed by atoms with Crippen LogP contribution >= 0.6 is 0 Å². The van der Waals surface area contributed by atoms with E-state index in [1.54, 1.807) is 5.32 Å². The van der Waals surface area contributed by atoms with Gasteiger partial charge in [-0.1, -0.05) is 0 Å². The van der Waals surface area contributed by atoms with Crippen molar-refractivity contribution in [3.8, 4) is 0 Å². The minimum absolute atomic E-state index is 0.333. The number of carbonyl (C=O) groups is 7. The minimum atomic E-state index is -6.07. The summed E-state index contributed by atoms with van der Waals surface area (Å²) in [6.45, 7) is 2.67. The van der Waals surface area contributed by atoms with E-state index in [2.05, 4.69) is 4.74 Å². The number of alkyl halides is 6. The Morgan fingerprint density at radius 3 is 1.65 bits per heavy atom. The first-order chi connectivity index (χ1) is 19.5.